The maximum atomic E-state index is 3.61. The fourth-order valence-electron chi connectivity index (χ4n) is 3.29. The van der Waals surface area contributed by atoms with Crippen molar-refractivity contribution in [1.29, 1.82) is 0 Å². The zero-order valence-corrected chi connectivity index (χ0v) is 11.0. The van der Waals surface area contributed by atoms with Crippen LogP contribution in [0.15, 0.2) is 0 Å². The number of rotatable bonds is 5. The van der Waals surface area contributed by atoms with E-state index in [0.717, 1.165) is 12.0 Å². The largest absolute Gasteiger partial charge is 0.315 e. The average molecular weight is 237 g/mol. The molecule has 2 saturated heterocycles. The minimum atomic E-state index is 0.876. The van der Waals surface area contributed by atoms with Crippen molar-refractivity contribution < 1.29 is 0 Å². The number of nitrogens with one attached hydrogen (secondary N) is 1. The minimum Gasteiger partial charge on any atom is -0.315 e. The summed E-state index contributed by atoms with van der Waals surface area (Å²) in [6, 6.07) is 0.876. The van der Waals surface area contributed by atoms with Crippen molar-refractivity contribution >= 4 is 0 Å². The maximum absolute atomic E-state index is 3.61. The highest BCUT2D eigenvalue weighted by molar-refractivity contribution is 4.85. The third kappa shape index (κ3) is 3.43. The van der Waals surface area contributed by atoms with Gasteiger partial charge >= 0.3 is 0 Å². The first-order chi connectivity index (χ1) is 8.42. The Balaban J connectivity index is 1.33. The topological polar surface area (TPSA) is 18.5 Å². The van der Waals surface area contributed by atoms with Gasteiger partial charge < -0.3 is 5.32 Å². The highest BCUT2D eigenvalue weighted by atomic mass is 15.3. The molecule has 0 aromatic rings. The van der Waals surface area contributed by atoms with Gasteiger partial charge in [-0.2, -0.15) is 0 Å². The molecule has 0 bridgehead atoms. The van der Waals surface area contributed by atoms with Crippen LogP contribution in [-0.2, 0) is 0 Å². The molecule has 0 radical (unpaired) electrons. The van der Waals surface area contributed by atoms with Crippen LogP contribution in [0.4, 0.5) is 0 Å². The van der Waals surface area contributed by atoms with Crippen LogP contribution < -0.4 is 5.32 Å². The predicted octanol–water partition coefficient (Wildman–Crippen LogP) is 1.16. The van der Waals surface area contributed by atoms with E-state index in [1.54, 1.807) is 0 Å². The number of piperazine rings is 1. The van der Waals surface area contributed by atoms with Crippen LogP contribution in [0.5, 0.6) is 0 Å². The van der Waals surface area contributed by atoms with Gasteiger partial charge in [0, 0.05) is 38.8 Å². The van der Waals surface area contributed by atoms with Crippen LogP contribution in [0.3, 0.4) is 0 Å². The smallest absolute Gasteiger partial charge is 0.0223 e. The molecule has 1 aliphatic carbocycles. The lowest BCUT2D eigenvalue weighted by atomic mass is 9.99. The second kappa shape index (κ2) is 5.68. The molecule has 3 fully saturated rings. The van der Waals surface area contributed by atoms with Crippen LogP contribution in [0, 0.1) is 5.92 Å². The molecule has 2 heterocycles. The molecule has 3 heteroatoms. The van der Waals surface area contributed by atoms with Crippen molar-refractivity contribution in [2.24, 2.45) is 5.92 Å². The predicted molar refractivity (Wildman–Crippen MR) is 71.2 cm³/mol. The van der Waals surface area contributed by atoms with Crippen molar-refractivity contribution in [3.05, 3.63) is 0 Å². The van der Waals surface area contributed by atoms with Crippen molar-refractivity contribution in [3.63, 3.8) is 0 Å². The van der Waals surface area contributed by atoms with Crippen LogP contribution in [0.2, 0.25) is 0 Å². The number of hydrogen-bond acceptors (Lipinski definition) is 3. The Morgan fingerprint density at radius 2 is 1.94 bits per heavy atom. The highest BCUT2D eigenvalue weighted by Gasteiger charge is 2.28. The second-order valence-electron chi connectivity index (χ2n) is 6.13. The molecule has 98 valence electrons. The molecule has 1 N–H and O–H groups in total. The van der Waals surface area contributed by atoms with Gasteiger partial charge in [-0.1, -0.05) is 6.42 Å². The van der Waals surface area contributed by atoms with Gasteiger partial charge in [0.25, 0.3) is 0 Å². The molecule has 1 atom stereocenters. The van der Waals surface area contributed by atoms with Crippen molar-refractivity contribution in [2.45, 2.75) is 38.1 Å². The molecule has 1 saturated carbocycles. The molecule has 1 unspecified atom stereocenters. The summed E-state index contributed by atoms with van der Waals surface area (Å²) >= 11 is 0. The van der Waals surface area contributed by atoms with Gasteiger partial charge in [0.2, 0.25) is 0 Å². The first kappa shape index (κ1) is 11.9. The normalized spacial score (nSPS) is 31.4. The van der Waals surface area contributed by atoms with E-state index in [9.17, 15) is 0 Å². The van der Waals surface area contributed by atoms with E-state index in [4.69, 9.17) is 0 Å². The fraction of sp³-hybridized carbons (Fsp3) is 1.00. The molecule has 17 heavy (non-hydrogen) atoms. The van der Waals surface area contributed by atoms with Gasteiger partial charge in [-0.25, -0.2) is 0 Å². The van der Waals surface area contributed by atoms with Crippen LogP contribution in [0.25, 0.3) is 0 Å². The Bertz CT molecular complexity index is 240. The quantitative estimate of drug-likeness (QED) is 0.724. The molecule has 3 aliphatic rings. The van der Waals surface area contributed by atoms with E-state index in [0.29, 0.717) is 0 Å². The summed E-state index contributed by atoms with van der Waals surface area (Å²) in [5, 5.41) is 3.61. The molecule has 3 nitrogen and oxygen atoms in total. The SMILES string of the molecule is C1CCN2CCN(CCNCC3CC3)CC2C1. The maximum Gasteiger partial charge on any atom is 0.0223 e. The van der Waals surface area contributed by atoms with E-state index in [-0.39, 0.29) is 0 Å². The monoisotopic (exact) mass is 237 g/mol. The van der Waals surface area contributed by atoms with E-state index >= 15 is 0 Å². The van der Waals surface area contributed by atoms with Crippen LogP contribution >= 0.6 is 0 Å². The molecule has 0 spiro atoms. The number of piperidine rings is 1. The third-order valence-electron chi connectivity index (χ3n) is 4.66. The second-order valence-corrected chi connectivity index (χ2v) is 6.13. The van der Waals surface area contributed by atoms with Crippen LogP contribution in [0.1, 0.15) is 32.1 Å². The van der Waals surface area contributed by atoms with Crippen molar-refractivity contribution in [1.82, 2.24) is 15.1 Å². The van der Waals surface area contributed by atoms with Gasteiger partial charge in [-0.3, -0.25) is 9.80 Å². The Morgan fingerprint density at radius 3 is 2.82 bits per heavy atom. The Hall–Kier alpha value is -0.120. The summed E-state index contributed by atoms with van der Waals surface area (Å²) in [5.74, 6) is 1.02. The molecule has 2 aliphatic heterocycles. The zero-order chi connectivity index (χ0) is 11.5. The lowest BCUT2D eigenvalue weighted by molar-refractivity contribution is 0.0500. The van der Waals surface area contributed by atoms with Gasteiger partial charge in [-0.05, 0) is 44.7 Å². The summed E-state index contributed by atoms with van der Waals surface area (Å²) < 4.78 is 0. The molecule has 0 amide bonds. The summed E-state index contributed by atoms with van der Waals surface area (Å²) in [4.78, 5) is 5.39. The van der Waals surface area contributed by atoms with Gasteiger partial charge in [-0.15, -0.1) is 0 Å². The highest BCUT2D eigenvalue weighted by Crippen LogP contribution is 2.27. The van der Waals surface area contributed by atoms with E-state index in [1.165, 1.54) is 77.9 Å². The Morgan fingerprint density at radius 1 is 1.00 bits per heavy atom. The average Bonchev–Trinajstić information content (AvgIpc) is 3.18. The summed E-state index contributed by atoms with van der Waals surface area (Å²) in [7, 11) is 0. The number of fused-ring (bicyclic) bond motifs is 1. The van der Waals surface area contributed by atoms with E-state index < -0.39 is 0 Å². The Kier molecular flexibility index (Phi) is 3.99. The molecular weight excluding hydrogens is 210 g/mol. The number of hydrogen-bond donors (Lipinski definition) is 1. The van der Waals surface area contributed by atoms with Crippen molar-refractivity contribution in [2.75, 3.05) is 45.8 Å². The third-order valence-corrected chi connectivity index (χ3v) is 4.66. The molecule has 0 aromatic heterocycles. The number of nitrogens with zero attached hydrogens (tertiary/aromatic N) is 2. The molecule has 3 rings (SSSR count). The summed E-state index contributed by atoms with van der Waals surface area (Å²) in [6.07, 6.45) is 7.25. The van der Waals surface area contributed by atoms with E-state index in [1.807, 2.05) is 0 Å². The first-order valence-corrected chi connectivity index (χ1v) is 7.59. The minimum absolute atomic E-state index is 0.876. The standard InChI is InChI=1S/C14H27N3/c1-2-7-17-10-9-16(12-14(17)3-1)8-6-15-11-13-4-5-13/h13-15H,1-12H2. The van der Waals surface area contributed by atoms with Crippen molar-refractivity contribution in [3.8, 4) is 0 Å². The van der Waals surface area contributed by atoms with Crippen LogP contribution in [-0.4, -0.2) is 61.7 Å². The van der Waals surface area contributed by atoms with Gasteiger partial charge in [0.05, 0.1) is 0 Å². The van der Waals surface area contributed by atoms with Gasteiger partial charge in [0.15, 0.2) is 0 Å². The lowest BCUT2D eigenvalue weighted by Crippen LogP contribution is -2.55. The molecule has 0 aromatic carbocycles. The summed E-state index contributed by atoms with van der Waals surface area (Å²) in [5.41, 5.74) is 0. The zero-order valence-electron chi connectivity index (χ0n) is 11.0. The lowest BCUT2D eigenvalue weighted by Gasteiger charge is -2.44. The molecular formula is C14H27N3. The summed E-state index contributed by atoms with van der Waals surface area (Å²) in [6.45, 7) is 9.02. The van der Waals surface area contributed by atoms with E-state index in [2.05, 4.69) is 15.1 Å². The fourth-order valence-corrected chi connectivity index (χ4v) is 3.29. The Labute approximate surface area is 106 Å². The first-order valence-electron chi connectivity index (χ1n) is 7.59. The van der Waals surface area contributed by atoms with Gasteiger partial charge in [0.1, 0.15) is 0 Å².